The molecule has 0 bridgehead atoms. The molecule has 0 spiro atoms. The molecular weight excluding hydrogens is 961 g/mol. The molecule has 6 heteroatoms. The lowest BCUT2D eigenvalue weighted by Gasteiger charge is -2.18. The second-order valence-electron chi connectivity index (χ2n) is 22.0. The minimum Gasteiger partial charge on any atom is -0.462 e. The van der Waals surface area contributed by atoms with Crippen molar-refractivity contribution < 1.29 is 28.6 Å². The summed E-state index contributed by atoms with van der Waals surface area (Å²) in [6.07, 6.45) is 88.8. The van der Waals surface area contributed by atoms with Crippen LogP contribution in [0, 0.1) is 0 Å². The second-order valence-corrected chi connectivity index (χ2v) is 22.0. The Labute approximate surface area is 483 Å². The first kappa shape index (κ1) is 74.3. The van der Waals surface area contributed by atoms with Crippen LogP contribution >= 0.6 is 0 Å². The summed E-state index contributed by atoms with van der Waals surface area (Å²) in [6.45, 7) is 6.46. The molecule has 0 radical (unpaired) electrons. The molecular formula is C72H124O6. The monoisotopic (exact) mass is 1080 g/mol. The van der Waals surface area contributed by atoms with Crippen LogP contribution in [0.4, 0.5) is 0 Å². The lowest BCUT2D eigenvalue weighted by molar-refractivity contribution is -0.166. The molecule has 0 rings (SSSR count). The second kappa shape index (κ2) is 65.8. The third kappa shape index (κ3) is 63.2. The van der Waals surface area contributed by atoms with E-state index in [2.05, 4.69) is 106 Å². The fourth-order valence-electron chi connectivity index (χ4n) is 9.41. The Balaban J connectivity index is 4.39. The van der Waals surface area contributed by atoms with Crippen LogP contribution in [-0.4, -0.2) is 37.2 Å². The Hall–Kier alpha value is -3.67. The highest BCUT2D eigenvalue weighted by Gasteiger charge is 2.19. The first-order valence-corrected chi connectivity index (χ1v) is 33.2. The van der Waals surface area contributed by atoms with Crippen molar-refractivity contribution in [1.82, 2.24) is 0 Å². The van der Waals surface area contributed by atoms with Crippen LogP contribution in [0.1, 0.15) is 323 Å². The number of allylic oxidation sites excluding steroid dienone is 15. The molecule has 0 aromatic carbocycles. The summed E-state index contributed by atoms with van der Waals surface area (Å²) in [5.41, 5.74) is 0. The van der Waals surface area contributed by atoms with Crippen molar-refractivity contribution in [1.29, 1.82) is 0 Å². The third-order valence-electron chi connectivity index (χ3n) is 14.4. The van der Waals surface area contributed by atoms with Crippen LogP contribution in [0.15, 0.2) is 97.2 Å². The molecule has 1 unspecified atom stereocenters. The zero-order valence-corrected chi connectivity index (χ0v) is 51.4. The summed E-state index contributed by atoms with van der Waals surface area (Å²) in [7, 11) is 0. The molecule has 0 aromatic heterocycles. The number of hydrogen-bond donors (Lipinski definition) is 0. The molecule has 0 heterocycles. The van der Waals surface area contributed by atoms with Crippen molar-refractivity contribution in [2.24, 2.45) is 0 Å². The van der Waals surface area contributed by atoms with Crippen molar-refractivity contribution >= 4 is 17.9 Å². The quantitative estimate of drug-likeness (QED) is 0.0261. The van der Waals surface area contributed by atoms with E-state index in [1.54, 1.807) is 6.08 Å². The molecule has 0 fully saturated rings. The van der Waals surface area contributed by atoms with Gasteiger partial charge >= 0.3 is 17.9 Å². The summed E-state index contributed by atoms with van der Waals surface area (Å²) >= 11 is 0. The van der Waals surface area contributed by atoms with E-state index in [0.29, 0.717) is 12.8 Å². The maximum Gasteiger partial charge on any atom is 0.309 e. The highest BCUT2D eigenvalue weighted by Crippen LogP contribution is 2.17. The Kier molecular flexibility index (Phi) is 62.7. The van der Waals surface area contributed by atoms with E-state index >= 15 is 0 Å². The Morgan fingerprint density at radius 2 is 0.551 bits per heavy atom. The molecule has 448 valence electrons. The average Bonchev–Trinajstić information content (AvgIpc) is 3.44. The number of ether oxygens (including phenoxy) is 3. The van der Waals surface area contributed by atoms with Crippen LogP contribution < -0.4 is 0 Å². The predicted molar refractivity (Wildman–Crippen MR) is 339 cm³/mol. The summed E-state index contributed by atoms with van der Waals surface area (Å²) < 4.78 is 16.8. The van der Waals surface area contributed by atoms with Gasteiger partial charge < -0.3 is 14.2 Å². The smallest absolute Gasteiger partial charge is 0.309 e. The molecule has 78 heavy (non-hydrogen) atoms. The molecule has 1 atom stereocenters. The SMILES string of the molecule is CC/C=C\C/C=C\C/C=C\C/C=C\C/C=C\CC(=O)OCC(COC(=O)CCCCCCCCCCCC/C=C\C/C=C\C/C=C\CCCCCCC)OC(=O)CCCCCCCCCCCCCCCCCCCCCC. The van der Waals surface area contributed by atoms with E-state index in [9.17, 15) is 14.4 Å². The van der Waals surface area contributed by atoms with Gasteiger partial charge in [-0.05, 0) is 83.5 Å². The van der Waals surface area contributed by atoms with E-state index in [1.807, 2.05) is 6.08 Å². The number of carbonyl (C=O) groups is 3. The van der Waals surface area contributed by atoms with E-state index < -0.39 is 12.1 Å². The molecule has 0 amide bonds. The van der Waals surface area contributed by atoms with Crippen LogP contribution in [0.25, 0.3) is 0 Å². The Morgan fingerprint density at radius 1 is 0.282 bits per heavy atom. The maximum absolute atomic E-state index is 12.9. The van der Waals surface area contributed by atoms with Gasteiger partial charge in [0.05, 0.1) is 6.42 Å². The van der Waals surface area contributed by atoms with Gasteiger partial charge in [-0.25, -0.2) is 0 Å². The molecule has 0 saturated carbocycles. The van der Waals surface area contributed by atoms with Crippen molar-refractivity contribution in [2.45, 2.75) is 329 Å². The van der Waals surface area contributed by atoms with Crippen LogP contribution in [0.3, 0.4) is 0 Å². The average molecular weight is 1090 g/mol. The van der Waals surface area contributed by atoms with Crippen LogP contribution in [0.5, 0.6) is 0 Å². The van der Waals surface area contributed by atoms with Gasteiger partial charge in [0, 0.05) is 12.8 Å². The molecule has 0 aliphatic heterocycles. The van der Waals surface area contributed by atoms with E-state index in [1.165, 1.54) is 199 Å². The number of rotatable bonds is 60. The van der Waals surface area contributed by atoms with Gasteiger partial charge in [-0.15, -0.1) is 0 Å². The zero-order valence-electron chi connectivity index (χ0n) is 51.4. The lowest BCUT2D eigenvalue weighted by Crippen LogP contribution is -2.30. The zero-order chi connectivity index (χ0) is 56.4. The van der Waals surface area contributed by atoms with Gasteiger partial charge in [0.1, 0.15) is 13.2 Å². The summed E-state index contributed by atoms with van der Waals surface area (Å²) in [5, 5.41) is 0. The van der Waals surface area contributed by atoms with Crippen molar-refractivity contribution in [3.8, 4) is 0 Å². The lowest BCUT2D eigenvalue weighted by atomic mass is 10.0. The summed E-state index contributed by atoms with van der Waals surface area (Å²) in [6, 6.07) is 0. The minimum absolute atomic E-state index is 0.107. The van der Waals surface area contributed by atoms with Crippen LogP contribution in [-0.2, 0) is 28.6 Å². The molecule has 0 aromatic rings. The first-order chi connectivity index (χ1) is 38.5. The number of hydrogen-bond acceptors (Lipinski definition) is 6. The van der Waals surface area contributed by atoms with Gasteiger partial charge in [-0.1, -0.05) is 317 Å². The third-order valence-corrected chi connectivity index (χ3v) is 14.4. The summed E-state index contributed by atoms with van der Waals surface area (Å²) in [5.74, 6) is -1.03. The Bertz CT molecular complexity index is 1530. The maximum atomic E-state index is 12.9. The van der Waals surface area contributed by atoms with Gasteiger partial charge in [0.15, 0.2) is 6.10 Å². The molecule has 0 aliphatic rings. The first-order valence-electron chi connectivity index (χ1n) is 33.2. The normalized spacial score (nSPS) is 12.7. The highest BCUT2D eigenvalue weighted by atomic mass is 16.6. The van der Waals surface area contributed by atoms with Crippen molar-refractivity contribution in [3.63, 3.8) is 0 Å². The van der Waals surface area contributed by atoms with Crippen LogP contribution in [0.2, 0.25) is 0 Å². The number of unbranched alkanes of at least 4 members (excludes halogenated alkanes) is 34. The molecule has 6 nitrogen and oxygen atoms in total. The van der Waals surface area contributed by atoms with Crippen molar-refractivity contribution in [3.05, 3.63) is 97.2 Å². The van der Waals surface area contributed by atoms with Gasteiger partial charge in [-0.3, -0.25) is 14.4 Å². The van der Waals surface area contributed by atoms with Gasteiger partial charge in [0.2, 0.25) is 0 Å². The van der Waals surface area contributed by atoms with E-state index in [0.717, 1.165) is 83.5 Å². The number of carbonyl (C=O) groups excluding carboxylic acids is 3. The van der Waals surface area contributed by atoms with Crippen molar-refractivity contribution in [2.75, 3.05) is 13.2 Å². The van der Waals surface area contributed by atoms with E-state index in [-0.39, 0.29) is 31.6 Å². The predicted octanol–water partition coefficient (Wildman–Crippen LogP) is 22.8. The molecule has 0 saturated heterocycles. The molecule has 0 aliphatic carbocycles. The largest absolute Gasteiger partial charge is 0.462 e. The minimum atomic E-state index is -0.820. The number of esters is 3. The van der Waals surface area contributed by atoms with Gasteiger partial charge in [-0.2, -0.15) is 0 Å². The fourth-order valence-corrected chi connectivity index (χ4v) is 9.41. The fraction of sp³-hybridized carbons (Fsp3) is 0.736. The standard InChI is InChI=1S/C72H124O6/c1-4-7-10-13-16-19-22-25-28-30-32-34-35-36-37-38-40-41-44-47-50-53-56-59-62-65-71(74)77-68-69(67-76-70(73)64-61-58-55-52-49-46-43-27-24-21-18-15-12-9-6-3)78-72(75)66-63-60-57-54-51-48-45-42-39-33-31-29-26-23-20-17-14-11-8-5-2/h9,12,18,21-22,25,27,30,32,35-36,43,49,52,58,61,69H,4-8,10-11,13-17,19-20,23-24,26,28-29,31,33-34,37-42,44-48,50-51,53-57,59-60,62-68H2,1-3H3/b12-9-,21-18-,25-22-,32-30-,36-35-,43-27-,52-49-,61-58-. The van der Waals surface area contributed by atoms with Gasteiger partial charge in [0.25, 0.3) is 0 Å². The Morgan fingerprint density at radius 3 is 0.897 bits per heavy atom. The highest BCUT2D eigenvalue weighted by molar-refractivity contribution is 5.72. The summed E-state index contributed by atoms with van der Waals surface area (Å²) in [4.78, 5) is 38.3. The van der Waals surface area contributed by atoms with E-state index in [4.69, 9.17) is 14.2 Å². The topological polar surface area (TPSA) is 78.9 Å². The molecule has 0 N–H and O–H groups in total.